The molecular formula is C14H18ClNO2S. The van der Waals surface area contributed by atoms with E-state index in [1.54, 1.807) is 16.7 Å². The van der Waals surface area contributed by atoms with Gasteiger partial charge in [-0.15, -0.1) is 11.8 Å². The first-order valence-corrected chi connectivity index (χ1v) is 7.78. The fraction of sp³-hybridized carbons (Fsp3) is 0.500. The monoisotopic (exact) mass is 299 g/mol. The number of benzene rings is 1. The van der Waals surface area contributed by atoms with Crippen molar-refractivity contribution in [3.05, 3.63) is 29.3 Å². The van der Waals surface area contributed by atoms with Gasteiger partial charge in [-0.3, -0.25) is 4.79 Å². The maximum Gasteiger partial charge on any atom is 0.223 e. The molecular weight excluding hydrogens is 282 g/mol. The molecule has 0 saturated carbocycles. The van der Waals surface area contributed by atoms with Crippen LogP contribution in [0.5, 0.6) is 0 Å². The molecule has 1 aromatic rings. The molecule has 1 N–H and O–H groups in total. The van der Waals surface area contributed by atoms with E-state index in [9.17, 15) is 9.90 Å². The molecule has 19 heavy (non-hydrogen) atoms. The van der Waals surface area contributed by atoms with E-state index < -0.39 is 5.60 Å². The van der Waals surface area contributed by atoms with Gasteiger partial charge in [-0.25, -0.2) is 0 Å². The number of halogens is 1. The summed E-state index contributed by atoms with van der Waals surface area (Å²) >= 11 is 7.64. The third-order valence-electron chi connectivity index (χ3n) is 3.39. The molecule has 1 aliphatic rings. The molecule has 0 spiro atoms. The molecule has 1 saturated heterocycles. The number of hydrogen-bond acceptors (Lipinski definition) is 3. The molecule has 2 rings (SSSR count). The number of thioether (sulfide) groups is 1. The molecule has 0 radical (unpaired) electrons. The van der Waals surface area contributed by atoms with E-state index in [1.165, 1.54) is 0 Å². The highest BCUT2D eigenvalue weighted by Crippen LogP contribution is 2.28. The number of likely N-dealkylation sites (tertiary alicyclic amines) is 1. The lowest BCUT2D eigenvalue weighted by Crippen LogP contribution is -2.63. The minimum absolute atomic E-state index is 0.109. The van der Waals surface area contributed by atoms with E-state index in [4.69, 9.17) is 11.6 Å². The van der Waals surface area contributed by atoms with Gasteiger partial charge in [-0.1, -0.05) is 30.7 Å². The number of amides is 1. The molecule has 0 atom stereocenters. The quantitative estimate of drug-likeness (QED) is 0.850. The third-order valence-corrected chi connectivity index (χ3v) is 4.91. The van der Waals surface area contributed by atoms with Crippen molar-refractivity contribution in [2.75, 3.05) is 18.8 Å². The molecule has 0 aromatic heterocycles. The minimum Gasteiger partial charge on any atom is -0.386 e. The fourth-order valence-electron chi connectivity index (χ4n) is 2.03. The molecule has 0 unspecified atom stereocenters. The van der Waals surface area contributed by atoms with Crippen LogP contribution < -0.4 is 0 Å². The summed E-state index contributed by atoms with van der Waals surface area (Å²) in [6.07, 6.45) is 1.18. The highest BCUT2D eigenvalue weighted by molar-refractivity contribution is 7.99. The fourth-order valence-corrected chi connectivity index (χ4v) is 3.21. The Labute approximate surface area is 122 Å². The molecule has 3 nitrogen and oxygen atoms in total. The number of rotatable bonds is 5. The van der Waals surface area contributed by atoms with Crippen LogP contribution in [-0.4, -0.2) is 40.4 Å². The topological polar surface area (TPSA) is 40.5 Å². The van der Waals surface area contributed by atoms with Crippen LogP contribution in [0.4, 0.5) is 0 Å². The molecule has 1 fully saturated rings. The number of aliphatic hydroxyl groups is 1. The van der Waals surface area contributed by atoms with E-state index in [0.29, 0.717) is 31.7 Å². The van der Waals surface area contributed by atoms with Crippen LogP contribution in [0, 0.1) is 0 Å². The average Bonchev–Trinajstić information content (AvgIpc) is 2.37. The normalized spacial score (nSPS) is 17.1. The molecule has 5 heteroatoms. The van der Waals surface area contributed by atoms with Crippen molar-refractivity contribution in [3.63, 3.8) is 0 Å². The van der Waals surface area contributed by atoms with Crippen molar-refractivity contribution in [2.45, 2.75) is 30.3 Å². The Morgan fingerprint density at radius 3 is 2.79 bits per heavy atom. The molecule has 1 amide bonds. The van der Waals surface area contributed by atoms with Crippen LogP contribution >= 0.6 is 23.4 Å². The van der Waals surface area contributed by atoms with Crippen LogP contribution in [-0.2, 0) is 4.79 Å². The number of hydrogen-bond donors (Lipinski definition) is 1. The van der Waals surface area contributed by atoms with Crippen molar-refractivity contribution in [1.82, 2.24) is 4.90 Å². The van der Waals surface area contributed by atoms with Crippen LogP contribution in [0.1, 0.15) is 19.8 Å². The summed E-state index contributed by atoms with van der Waals surface area (Å²) in [6, 6.07) is 7.63. The Bertz CT molecular complexity index is 461. The standard InChI is InChI=1S/C14H18ClNO2S/c1-2-14(18)9-16(10-14)13(17)7-8-19-12-6-4-3-5-11(12)15/h3-6,18H,2,7-10H2,1H3. The zero-order chi connectivity index (χ0) is 13.9. The van der Waals surface area contributed by atoms with Crippen LogP contribution in [0.3, 0.4) is 0 Å². The predicted octanol–water partition coefficient (Wildman–Crippen LogP) is 2.81. The second kappa shape index (κ2) is 6.16. The van der Waals surface area contributed by atoms with Crippen molar-refractivity contribution in [3.8, 4) is 0 Å². The van der Waals surface area contributed by atoms with Gasteiger partial charge in [0.15, 0.2) is 0 Å². The molecule has 104 valence electrons. The summed E-state index contributed by atoms with van der Waals surface area (Å²) in [5.41, 5.74) is -0.647. The summed E-state index contributed by atoms with van der Waals surface area (Å²) in [7, 11) is 0. The smallest absolute Gasteiger partial charge is 0.223 e. The highest BCUT2D eigenvalue weighted by atomic mass is 35.5. The SMILES string of the molecule is CCC1(O)CN(C(=O)CCSc2ccccc2Cl)C1. The van der Waals surface area contributed by atoms with Gasteiger partial charge in [0.2, 0.25) is 5.91 Å². The Hall–Kier alpha value is -0.710. The van der Waals surface area contributed by atoms with Crippen molar-refractivity contribution < 1.29 is 9.90 Å². The van der Waals surface area contributed by atoms with Gasteiger partial charge in [-0.2, -0.15) is 0 Å². The second-order valence-electron chi connectivity index (χ2n) is 4.86. The van der Waals surface area contributed by atoms with E-state index in [2.05, 4.69) is 0 Å². The zero-order valence-corrected chi connectivity index (χ0v) is 12.5. The van der Waals surface area contributed by atoms with E-state index in [-0.39, 0.29) is 5.91 Å². The van der Waals surface area contributed by atoms with Crippen LogP contribution in [0.15, 0.2) is 29.2 Å². The van der Waals surface area contributed by atoms with Crippen molar-refractivity contribution in [1.29, 1.82) is 0 Å². The number of β-amino-alcohol motifs (C(OH)–C–C–N with tert-alkyl or cyclic N) is 1. The van der Waals surface area contributed by atoms with Crippen molar-refractivity contribution in [2.24, 2.45) is 0 Å². The van der Waals surface area contributed by atoms with Gasteiger partial charge in [0.1, 0.15) is 0 Å². The summed E-state index contributed by atoms with van der Waals surface area (Å²) < 4.78 is 0. The van der Waals surface area contributed by atoms with Gasteiger partial charge in [-0.05, 0) is 18.6 Å². The first-order chi connectivity index (χ1) is 9.04. The Balaban J connectivity index is 1.72. The summed E-state index contributed by atoms with van der Waals surface area (Å²) in [6.45, 7) is 2.88. The molecule has 1 aliphatic heterocycles. The number of carbonyl (C=O) groups excluding carboxylic acids is 1. The molecule has 1 heterocycles. The maximum atomic E-state index is 11.9. The third kappa shape index (κ3) is 3.65. The van der Waals surface area contributed by atoms with E-state index in [0.717, 1.165) is 9.92 Å². The Morgan fingerprint density at radius 1 is 1.47 bits per heavy atom. The lowest BCUT2D eigenvalue weighted by Gasteiger charge is -2.46. The maximum absolute atomic E-state index is 11.9. The van der Waals surface area contributed by atoms with E-state index >= 15 is 0 Å². The lowest BCUT2D eigenvalue weighted by molar-refractivity contribution is -0.155. The number of nitrogens with zero attached hydrogens (tertiary/aromatic N) is 1. The predicted molar refractivity (Wildman–Crippen MR) is 78.6 cm³/mol. The van der Waals surface area contributed by atoms with Gasteiger partial charge in [0.05, 0.1) is 23.7 Å². The first kappa shape index (κ1) is 14.7. The number of carbonyl (C=O) groups is 1. The van der Waals surface area contributed by atoms with Gasteiger partial charge in [0, 0.05) is 17.1 Å². The van der Waals surface area contributed by atoms with Crippen LogP contribution in [0.2, 0.25) is 5.02 Å². The van der Waals surface area contributed by atoms with Gasteiger partial charge >= 0.3 is 0 Å². The Kier molecular flexibility index (Phi) is 4.76. The van der Waals surface area contributed by atoms with Crippen LogP contribution in [0.25, 0.3) is 0 Å². The second-order valence-corrected chi connectivity index (χ2v) is 6.40. The van der Waals surface area contributed by atoms with Gasteiger partial charge in [0.25, 0.3) is 0 Å². The summed E-state index contributed by atoms with van der Waals surface area (Å²) in [4.78, 5) is 14.6. The van der Waals surface area contributed by atoms with Crippen molar-refractivity contribution >= 4 is 29.3 Å². The molecule has 0 bridgehead atoms. The highest BCUT2D eigenvalue weighted by Gasteiger charge is 2.41. The zero-order valence-electron chi connectivity index (χ0n) is 10.9. The Morgan fingerprint density at radius 2 is 2.16 bits per heavy atom. The van der Waals surface area contributed by atoms with Gasteiger partial charge < -0.3 is 10.0 Å². The lowest BCUT2D eigenvalue weighted by atomic mass is 9.91. The minimum atomic E-state index is -0.647. The van der Waals surface area contributed by atoms with E-state index in [1.807, 2.05) is 31.2 Å². The summed E-state index contributed by atoms with van der Waals surface area (Å²) in [5, 5.41) is 10.6. The molecule has 0 aliphatic carbocycles. The first-order valence-electron chi connectivity index (χ1n) is 6.41. The summed E-state index contributed by atoms with van der Waals surface area (Å²) in [5.74, 6) is 0.821. The molecule has 1 aromatic carbocycles. The average molecular weight is 300 g/mol. The largest absolute Gasteiger partial charge is 0.386 e.